The molecule has 0 aliphatic carbocycles. The molecule has 5 nitrogen and oxygen atoms in total. The molecule has 16 heavy (non-hydrogen) atoms. The fourth-order valence-electron chi connectivity index (χ4n) is 1.69. The van der Waals surface area contributed by atoms with Crippen molar-refractivity contribution < 1.29 is 9.15 Å². The quantitative estimate of drug-likeness (QED) is 0.800. The van der Waals surface area contributed by atoms with E-state index >= 15 is 0 Å². The number of halogens is 1. The van der Waals surface area contributed by atoms with Crippen LogP contribution in [-0.4, -0.2) is 35.8 Å². The molecule has 1 N–H and O–H groups in total. The van der Waals surface area contributed by atoms with E-state index < -0.39 is 0 Å². The van der Waals surface area contributed by atoms with E-state index in [1.807, 2.05) is 0 Å². The summed E-state index contributed by atoms with van der Waals surface area (Å²) in [6, 6.07) is 0.492. The fourth-order valence-corrected chi connectivity index (χ4v) is 1.85. The molecule has 0 saturated carbocycles. The van der Waals surface area contributed by atoms with Crippen LogP contribution in [-0.2, 0) is 11.2 Å². The van der Waals surface area contributed by atoms with Crippen LogP contribution in [0.4, 0.5) is 6.01 Å². The maximum atomic E-state index is 5.58. The molecule has 0 unspecified atom stereocenters. The van der Waals surface area contributed by atoms with Gasteiger partial charge in [0, 0.05) is 32.1 Å². The van der Waals surface area contributed by atoms with Crippen LogP contribution >= 0.6 is 11.6 Å². The molecular formula is C10H16ClN3O2. The average molecular weight is 246 g/mol. The Morgan fingerprint density at radius 2 is 2.12 bits per heavy atom. The molecule has 1 saturated heterocycles. The van der Waals surface area contributed by atoms with Crippen molar-refractivity contribution in [2.75, 3.05) is 31.0 Å². The zero-order valence-electron chi connectivity index (χ0n) is 9.12. The number of aromatic nitrogens is 2. The zero-order valence-corrected chi connectivity index (χ0v) is 9.87. The number of hydrogen-bond acceptors (Lipinski definition) is 5. The second-order valence-corrected chi connectivity index (χ2v) is 4.25. The number of anilines is 1. The largest absolute Gasteiger partial charge is 0.408 e. The Hall–Kier alpha value is -0.810. The molecule has 90 valence electrons. The lowest BCUT2D eigenvalue weighted by Gasteiger charge is -2.21. The van der Waals surface area contributed by atoms with Gasteiger partial charge in [-0.15, -0.1) is 16.7 Å². The fraction of sp³-hybridized carbons (Fsp3) is 0.800. The average Bonchev–Trinajstić information content (AvgIpc) is 2.76. The lowest BCUT2D eigenvalue weighted by Crippen LogP contribution is -2.22. The Kier molecular flexibility index (Phi) is 4.42. The molecule has 1 aromatic rings. The lowest BCUT2D eigenvalue weighted by molar-refractivity contribution is 0.0698. The number of ether oxygens (including phenoxy) is 1. The predicted octanol–water partition coefficient (Wildman–Crippen LogP) is 1.69. The highest BCUT2D eigenvalue weighted by atomic mass is 35.5. The third-order valence-corrected chi connectivity index (χ3v) is 2.85. The monoisotopic (exact) mass is 245 g/mol. The second-order valence-electron chi connectivity index (χ2n) is 3.88. The summed E-state index contributed by atoms with van der Waals surface area (Å²) in [7, 11) is 0. The SMILES string of the molecule is ClCCc1nnc(NCC2CCOCC2)o1. The minimum Gasteiger partial charge on any atom is -0.408 e. The van der Waals surface area contributed by atoms with Crippen LogP contribution in [0.5, 0.6) is 0 Å². The zero-order chi connectivity index (χ0) is 11.2. The number of rotatable bonds is 5. The van der Waals surface area contributed by atoms with E-state index in [2.05, 4.69) is 15.5 Å². The van der Waals surface area contributed by atoms with E-state index in [0.29, 0.717) is 30.1 Å². The van der Waals surface area contributed by atoms with Crippen molar-refractivity contribution >= 4 is 17.6 Å². The van der Waals surface area contributed by atoms with Gasteiger partial charge in [0.25, 0.3) is 0 Å². The van der Waals surface area contributed by atoms with Crippen molar-refractivity contribution in [1.82, 2.24) is 10.2 Å². The second kappa shape index (κ2) is 6.06. The highest BCUT2D eigenvalue weighted by Gasteiger charge is 2.14. The van der Waals surface area contributed by atoms with Crippen molar-refractivity contribution in [2.45, 2.75) is 19.3 Å². The smallest absolute Gasteiger partial charge is 0.315 e. The van der Waals surface area contributed by atoms with Gasteiger partial charge < -0.3 is 14.5 Å². The molecule has 2 heterocycles. The molecule has 0 atom stereocenters. The van der Waals surface area contributed by atoms with Gasteiger partial charge in [0.05, 0.1) is 0 Å². The summed E-state index contributed by atoms with van der Waals surface area (Å²) in [5.41, 5.74) is 0. The van der Waals surface area contributed by atoms with Gasteiger partial charge in [-0.1, -0.05) is 5.10 Å². The van der Waals surface area contributed by atoms with Crippen LogP contribution in [0.1, 0.15) is 18.7 Å². The highest BCUT2D eigenvalue weighted by molar-refractivity contribution is 6.17. The van der Waals surface area contributed by atoms with Gasteiger partial charge in [-0.25, -0.2) is 0 Å². The van der Waals surface area contributed by atoms with Gasteiger partial charge in [0.2, 0.25) is 5.89 Å². The molecule has 1 aliphatic heterocycles. The Bertz CT molecular complexity index is 313. The molecule has 2 rings (SSSR count). The summed E-state index contributed by atoms with van der Waals surface area (Å²) in [4.78, 5) is 0. The van der Waals surface area contributed by atoms with Crippen molar-refractivity contribution in [3.05, 3.63) is 5.89 Å². The molecule has 1 aromatic heterocycles. The summed E-state index contributed by atoms with van der Waals surface area (Å²) >= 11 is 5.58. The Labute approximate surface area is 99.5 Å². The van der Waals surface area contributed by atoms with Crippen molar-refractivity contribution in [3.8, 4) is 0 Å². The molecule has 0 spiro atoms. The molecule has 1 aliphatic rings. The van der Waals surface area contributed by atoms with E-state index in [0.717, 1.165) is 32.6 Å². The molecular weight excluding hydrogens is 230 g/mol. The number of hydrogen-bond donors (Lipinski definition) is 1. The van der Waals surface area contributed by atoms with Crippen molar-refractivity contribution in [3.63, 3.8) is 0 Å². The highest BCUT2D eigenvalue weighted by Crippen LogP contribution is 2.15. The van der Waals surface area contributed by atoms with E-state index in [9.17, 15) is 0 Å². The van der Waals surface area contributed by atoms with E-state index in [1.54, 1.807) is 0 Å². The summed E-state index contributed by atoms with van der Waals surface area (Å²) in [5.74, 6) is 1.73. The molecule has 0 aromatic carbocycles. The molecule has 0 radical (unpaired) electrons. The van der Waals surface area contributed by atoms with Gasteiger partial charge in [-0.3, -0.25) is 0 Å². The summed E-state index contributed by atoms with van der Waals surface area (Å²) < 4.78 is 10.7. The summed E-state index contributed by atoms with van der Waals surface area (Å²) in [6.45, 7) is 2.58. The van der Waals surface area contributed by atoms with Crippen LogP contribution in [0, 0.1) is 5.92 Å². The van der Waals surface area contributed by atoms with Gasteiger partial charge in [-0.05, 0) is 18.8 Å². The first kappa shape index (κ1) is 11.7. The Morgan fingerprint density at radius 3 is 2.88 bits per heavy atom. The number of alkyl halides is 1. The van der Waals surface area contributed by atoms with E-state index in [4.69, 9.17) is 20.8 Å². The topological polar surface area (TPSA) is 60.2 Å². The molecule has 6 heteroatoms. The van der Waals surface area contributed by atoms with E-state index in [1.165, 1.54) is 0 Å². The van der Waals surface area contributed by atoms with Crippen LogP contribution in [0.15, 0.2) is 4.42 Å². The van der Waals surface area contributed by atoms with Crippen molar-refractivity contribution in [2.24, 2.45) is 5.92 Å². The van der Waals surface area contributed by atoms with Crippen LogP contribution in [0.25, 0.3) is 0 Å². The Morgan fingerprint density at radius 1 is 1.31 bits per heavy atom. The summed E-state index contributed by atoms with van der Waals surface area (Å²) in [5, 5.41) is 10.9. The van der Waals surface area contributed by atoms with E-state index in [-0.39, 0.29) is 0 Å². The standard InChI is InChI=1S/C10H16ClN3O2/c11-4-1-9-13-14-10(16-9)12-7-8-2-5-15-6-3-8/h8H,1-7H2,(H,12,14). The number of nitrogens with zero attached hydrogens (tertiary/aromatic N) is 2. The third kappa shape index (κ3) is 3.35. The van der Waals surface area contributed by atoms with Gasteiger partial charge in [-0.2, -0.15) is 0 Å². The maximum Gasteiger partial charge on any atom is 0.315 e. The third-order valence-electron chi connectivity index (χ3n) is 2.66. The van der Waals surface area contributed by atoms with Crippen molar-refractivity contribution in [1.29, 1.82) is 0 Å². The predicted molar refractivity (Wildman–Crippen MR) is 60.8 cm³/mol. The first-order valence-corrected chi connectivity index (χ1v) is 6.12. The van der Waals surface area contributed by atoms with Crippen LogP contribution in [0.2, 0.25) is 0 Å². The lowest BCUT2D eigenvalue weighted by atomic mass is 10.0. The van der Waals surface area contributed by atoms with Gasteiger partial charge >= 0.3 is 6.01 Å². The minimum absolute atomic E-state index is 0.492. The van der Waals surface area contributed by atoms with Gasteiger partial charge in [0.1, 0.15) is 0 Å². The first-order chi connectivity index (χ1) is 7.88. The first-order valence-electron chi connectivity index (χ1n) is 5.58. The number of nitrogens with one attached hydrogen (secondary N) is 1. The minimum atomic E-state index is 0.492. The normalized spacial score (nSPS) is 17.6. The molecule has 0 amide bonds. The number of aryl methyl sites for hydroxylation is 1. The molecule has 1 fully saturated rings. The van der Waals surface area contributed by atoms with Crippen LogP contribution in [0.3, 0.4) is 0 Å². The maximum absolute atomic E-state index is 5.58. The molecule has 0 bridgehead atoms. The van der Waals surface area contributed by atoms with Gasteiger partial charge in [0.15, 0.2) is 0 Å². The van der Waals surface area contributed by atoms with Crippen LogP contribution < -0.4 is 5.32 Å². The summed E-state index contributed by atoms with van der Waals surface area (Å²) in [6.07, 6.45) is 2.80. The Balaban J connectivity index is 1.75.